The summed E-state index contributed by atoms with van der Waals surface area (Å²) in [6.45, 7) is 1.58. The molecule has 1 atom stereocenters. The first kappa shape index (κ1) is 16.6. The molecule has 6 heteroatoms. The van der Waals surface area contributed by atoms with Crippen LogP contribution in [-0.4, -0.2) is 17.6 Å². The average Bonchev–Trinajstić information content (AvgIpc) is 2.51. The van der Waals surface area contributed by atoms with E-state index in [2.05, 4.69) is 11.4 Å². The molecule has 0 bridgehead atoms. The van der Waals surface area contributed by atoms with Gasteiger partial charge < -0.3 is 10.1 Å². The van der Waals surface area contributed by atoms with Gasteiger partial charge in [-0.3, -0.25) is 4.79 Å². The molecule has 0 unspecified atom stereocenters. The summed E-state index contributed by atoms with van der Waals surface area (Å²) in [6.07, 6.45) is 3.45. The van der Waals surface area contributed by atoms with E-state index in [1.165, 1.54) is 18.2 Å². The van der Waals surface area contributed by atoms with E-state index < -0.39 is 17.5 Å². The molecule has 1 aromatic rings. The van der Waals surface area contributed by atoms with Crippen molar-refractivity contribution < 1.29 is 13.9 Å². The molecule has 1 N–H and O–H groups in total. The minimum atomic E-state index is -0.798. The van der Waals surface area contributed by atoms with Crippen LogP contribution in [0.15, 0.2) is 18.2 Å². The molecule has 2 rings (SSSR count). The van der Waals surface area contributed by atoms with Crippen molar-refractivity contribution in [1.29, 1.82) is 5.26 Å². The predicted octanol–water partition coefficient (Wildman–Crippen LogP) is 3.59. The molecule has 1 fully saturated rings. The fraction of sp³-hybridized carbons (Fsp3) is 0.500. The lowest BCUT2D eigenvalue weighted by molar-refractivity contribution is -0.129. The number of rotatable bonds is 4. The van der Waals surface area contributed by atoms with Gasteiger partial charge in [-0.15, -0.1) is 0 Å². The molecule has 0 radical (unpaired) electrons. The number of hydrogen-bond donors (Lipinski definition) is 1. The number of hydrogen-bond acceptors (Lipinski definition) is 3. The van der Waals surface area contributed by atoms with Crippen molar-refractivity contribution in [3.05, 3.63) is 29.0 Å². The lowest BCUT2D eigenvalue weighted by Gasteiger charge is -2.32. The van der Waals surface area contributed by atoms with Crippen LogP contribution in [0.4, 0.5) is 4.39 Å². The van der Waals surface area contributed by atoms with Crippen molar-refractivity contribution in [2.45, 2.75) is 50.7 Å². The van der Waals surface area contributed by atoms with E-state index in [0.717, 1.165) is 19.3 Å². The van der Waals surface area contributed by atoms with E-state index in [9.17, 15) is 14.4 Å². The molecule has 4 nitrogen and oxygen atoms in total. The first-order valence-electron chi connectivity index (χ1n) is 7.31. The van der Waals surface area contributed by atoms with E-state index in [4.69, 9.17) is 16.3 Å². The maximum absolute atomic E-state index is 13.1. The van der Waals surface area contributed by atoms with E-state index in [1.807, 2.05) is 0 Å². The molecule has 0 saturated heterocycles. The fourth-order valence-corrected chi connectivity index (χ4v) is 2.74. The van der Waals surface area contributed by atoms with Gasteiger partial charge in [-0.2, -0.15) is 5.26 Å². The van der Waals surface area contributed by atoms with Crippen molar-refractivity contribution in [2.24, 2.45) is 0 Å². The van der Waals surface area contributed by atoms with Crippen LogP contribution >= 0.6 is 11.6 Å². The molecule has 1 amide bonds. The minimum Gasteiger partial charge on any atom is -0.481 e. The summed E-state index contributed by atoms with van der Waals surface area (Å²) < 4.78 is 18.6. The van der Waals surface area contributed by atoms with E-state index in [0.29, 0.717) is 18.6 Å². The highest BCUT2D eigenvalue weighted by Gasteiger charge is 2.35. The molecular weight excluding hydrogens is 307 g/mol. The largest absolute Gasteiger partial charge is 0.481 e. The predicted molar refractivity (Wildman–Crippen MR) is 81.1 cm³/mol. The Bertz CT molecular complexity index is 594. The summed E-state index contributed by atoms with van der Waals surface area (Å²) >= 11 is 5.68. The third-order valence-electron chi connectivity index (χ3n) is 3.86. The van der Waals surface area contributed by atoms with Gasteiger partial charge in [0.05, 0.1) is 11.1 Å². The second-order valence-electron chi connectivity index (χ2n) is 5.58. The number of halogens is 2. The van der Waals surface area contributed by atoms with Gasteiger partial charge in [0, 0.05) is 6.07 Å². The van der Waals surface area contributed by atoms with Gasteiger partial charge in [-0.25, -0.2) is 4.39 Å². The minimum absolute atomic E-state index is 0.0640. The summed E-state index contributed by atoms with van der Waals surface area (Å²) in [7, 11) is 0. The number of benzene rings is 1. The van der Waals surface area contributed by atoms with Crippen LogP contribution in [0.2, 0.25) is 5.02 Å². The van der Waals surface area contributed by atoms with Gasteiger partial charge in [0.25, 0.3) is 5.91 Å². The zero-order chi connectivity index (χ0) is 16.2. The molecule has 1 aliphatic rings. The summed E-state index contributed by atoms with van der Waals surface area (Å²) in [6, 6.07) is 6.14. The molecule has 1 aromatic carbocycles. The van der Waals surface area contributed by atoms with Crippen molar-refractivity contribution in [3.63, 3.8) is 0 Å². The number of nitriles is 1. The molecule has 0 aliphatic heterocycles. The molecule has 118 valence electrons. The Morgan fingerprint density at radius 3 is 2.73 bits per heavy atom. The number of carbonyl (C=O) groups excluding carboxylic acids is 1. The average molecular weight is 325 g/mol. The monoisotopic (exact) mass is 324 g/mol. The van der Waals surface area contributed by atoms with Gasteiger partial charge in [-0.1, -0.05) is 30.9 Å². The van der Waals surface area contributed by atoms with Crippen molar-refractivity contribution in [1.82, 2.24) is 5.32 Å². The van der Waals surface area contributed by atoms with Gasteiger partial charge in [0.2, 0.25) is 0 Å². The number of carbonyl (C=O) groups is 1. The SMILES string of the molecule is C[C@H](Oc1ccc(F)c(Cl)c1)C(=O)NC1(C#N)CCCCC1. The highest BCUT2D eigenvalue weighted by atomic mass is 35.5. The maximum Gasteiger partial charge on any atom is 0.262 e. The maximum atomic E-state index is 13.1. The number of amides is 1. The van der Waals surface area contributed by atoms with Crippen LogP contribution in [0, 0.1) is 17.1 Å². The summed E-state index contributed by atoms with van der Waals surface area (Å²) in [5.74, 6) is -0.593. The Balaban J connectivity index is 1.99. The molecule has 0 heterocycles. The van der Waals surface area contributed by atoms with Crippen LogP contribution < -0.4 is 10.1 Å². The summed E-state index contributed by atoms with van der Waals surface area (Å²) in [5, 5.41) is 12.1. The Morgan fingerprint density at radius 1 is 1.45 bits per heavy atom. The Labute approximate surface area is 134 Å². The molecule has 0 spiro atoms. The highest BCUT2D eigenvalue weighted by Crippen LogP contribution is 2.28. The molecule has 1 aliphatic carbocycles. The second kappa shape index (κ2) is 6.97. The normalized spacial score (nSPS) is 18.1. The Hall–Kier alpha value is -1.80. The summed E-state index contributed by atoms with van der Waals surface area (Å²) in [4.78, 5) is 12.2. The lowest BCUT2D eigenvalue weighted by Crippen LogP contribution is -2.52. The van der Waals surface area contributed by atoms with Crippen LogP contribution in [0.3, 0.4) is 0 Å². The molecular formula is C16H18ClFN2O2. The third kappa shape index (κ3) is 3.89. The van der Waals surface area contributed by atoms with Crippen LogP contribution in [0.5, 0.6) is 5.75 Å². The third-order valence-corrected chi connectivity index (χ3v) is 4.15. The van der Waals surface area contributed by atoms with Gasteiger partial charge in [-0.05, 0) is 31.9 Å². The first-order valence-corrected chi connectivity index (χ1v) is 7.68. The molecule has 22 heavy (non-hydrogen) atoms. The Kier molecular flexibility index (Phi) is 5.25. The topological polar surface area (TPSA) is 62.1 Å². The van der Waals surface area contributed by atoms with E-state index >= 15 is 0 Å². The summed E-state index contributed by atoms with van der Waals surface area (Å²) in [5.41, 5.74) is -0.798. The number of nitrogens with zero attached hydrogens (tertiary/aromatic N) is 1. The number of ether oxygens (including phenoxy) is 1. The van der Waals surface area contributed by atoms with Crippen LogP contribution in [-0.2, 0) is 4.79 Å². The van der Waals surface area contributed by atoms with Gasteiger partial charge in [0.1, 0.15) is 17.1 Å². The quantitative estimate of drug-likeness (QED) is 0.920. The molecule has 1 saturated carbocycles. The fourth-order valence-electron chi connectivity index (χ4n) is 2.57. The smallest absolute Gasteiger partial charge is 0.262 e. The van der Waals surface area contributed by atoms with Crippen molar-refractivity contribution in [3.8, 4) is 11.8 Å². The zero-order valence-corrected chi connectivity index (χ0v) is 13.1. The van der Waals surface area contributed by atoms with Gasteiger partial charge >= 0.3 is 0 Å². The van der Waals surface area contributed by atoms with Crippen molar-refractivity contribution in [2.75, 3.05) is 0 Å². The van der Waals surface area contributed by atoms with E-state index in [-0.39, 0.29) is 10.9 Å². The standard InChI is InChI=1S/C16H18ClFN2O2/c1-11(22-12-5-6-14(18)13(17)9-12)15(21)20-16(10-19)7-3-2-4-8-16/h5-6,9,11H,2-4,7-8H2,1H3,(H,20,21)/t11-/m0/s1. The van der Waals surface area contributed by atoms with Crippen LogP contribution in [0.1, 0.15) is 39.0 Å². The highest BCUT2D eigenvalue weighted by molar-refractivity contribution is 6.30. The molecule has 0 aromatic heterocycles. The number of nitrogens with one attached hydrogen (secondary N) is 1. The second-order valence-corrected chi connectivity index (χ2v) is 5.99. The lowest BCUT2D eigenvalue weighted by atomic mass is 9.83. The van der Waals surface area contributed by atoms with E-state index in [1.54, 1.807) is 6.92 Å². The van der Waals surface area contributed by atoms with Gasteiger partial charge in [0.15, 0.2) is 6.10 Å². The first-order chi connectivity index (χ1) is 10.5. The van der Waals surface area contributed by atoms with Crippen molar-refractivity contribution >= 4 is 17.5 Å². The zero-order valence-electron chi connectivity index (χ0n) is 12.4. The van der Waals surface area contributed by atoms with Crippen LogP contribution in [0.25, 0.3) is 0 Å². The Morgan fingerprint density at radius 2 is 2.14 bits per heavy atom.